The molecule has 7 heteroatoms. The van der Waals surface area contributed by atoms with Crippen LogP contribution in [0.1, 0.15) is 23.9 Å². The Morgan fingerprint density at radius 2 is 2.33 bits per heavy atom. The number of aromatic nitrogens is 4. The SMILES string of the molecule is CCn1nccc1CN1CCc2nc(SC)[nH]c(=O)c2C1. The minimum absolute atomic E-state index is 0.00181. The Kier molecular flexibility index (Phi) is 4.12. The van der Waals surface area contributed by atoms with Crippen LogP contribution >= 0.6 is 11.8 Å². The van der Waals surface area contributed by atoms with E-state index in [4.69, 9.17) is 0 Å². The van der Waals surface area contributed by atoms with Crippen molar-refractivity contribution in [2.75, 3.05) is 12.8 Å². The quantitative estimate of drug-likeness (QED) is 0.680. The van der Waals surface area contributed by atoms with Crippen LogP contribution < -0.4 is 5.56 Å². The van der Waals surface area contributed by atoms with Gasteiger partial charge in [0.05, 0.1) is 17.0 Å². The average molecular weight is 305 g/mol. The van der Waals surface area contributed by atoms with Crippen LogP contribution in [0.2, 0.25) is 0 Å². The highest BCUT2D eigenvalue weighted by Crippen LogP contribution is 2.18. The fourth-order valence-corrected chi connectivity index (χ4v) is 3.09. The molecule has 6 nitrogen and oxygen atoms in total. The number of nitrogens with one attached hydrogen (secondary N) is 1. The predicted molar refractivity (Wildman–Crippen MR) is 82.4 cm³/mol. The van der Waals surface area contributed by atoms with Gasteiger partial charge in [0.15, 0.2) is 5.16 Å². The van der Waals surface area contributed by atoms with E-state index in [-0.39, 0.29) is 5.56 Å². The lowest BCUT2D eigenvalue weighted by Crippen LogP contribution is -2.35. The molecule has 0 radical (unpaired) electrons. The molecule has 0 aliphatic carbocycles. The molecule has 0 aromatic carbocycles. The van der Waals surface area contributed by atoms with E-state index in [1.807, 2.05) is 23.2 Å². The zero-order valence-corrected chi connectivity index (χ0v) is 13.1. The lowest BCUT2D eigenvalue weighted by Gasteiger charge is -2.27. The van der Waals surface area contributed by atoms with Gasteiger partial charge in [0.2, 0.25) is 0 Å². The fourth-order valence-electron chi connectivity index (χ4n) is 2.70. The van der Waals surface area contributed by atoms with Gasteiger partial charge in [-0.1, -0.05) is 11.8 Å². The molecule has 1 aliphatic rings. The Morgan fingerprint density at radius 1 is 1.48 bits per heavy atom. The molecule has 3 rings (SSSR count). The van der Waals surface area contributed by atoms with Gasteiger partial charge in [0.1, 0.15) is 0 Å². The number of nitrogens with zero attached hydrogens (tertiary/aromatic N) is 4. The van der Waals surface area contributed by atoms with Crippen molar-refractivity contribution in [3.8, 4) is 0 Å². The smallest absolute Gasteiger partial charge is 0.256 e. The van der Waals surface area contributed by atoms with Gasteiger partial charge < -0.3 is 4.98 Å². The van der Waals surface area contributed by atoms with Crippen LogP contribution in [0, 0.1) is 0 Å². The van der Waals surface area contributed by atoms with E-state index in [2.05, 4.69) is 26.9 Å². The van der Waals surface area contributed by atoms with E-state index in [0.29, 0.717) is 11.7 Å². The zero-order chi connectivity index (χ0) is 14.8. The van der Waals surface area contributed by atoms with Crippen molar-refractivity contribution >= 4 is 11.8 Å². The van der Waals surface area contributed by atoms with Gasteiger partial charge in [0.25, 0.3) is 5.56 Å². The number of fused-ring (bicyclic) bond motifs is 1. The molecule has 0 unspecified atom stereocenters. The molecule has 2 aromatic heterocycles. The second kappa shape index (κ2) is 6.03. The molecule has 0 bridgehead atoms. The molecular formula is C14H19N5OS. The van der Waals surface area contributed by atoms with E-state index in [1.165, 1.54) is 17.5 Å². The summed E-state index contributed by atoms with van der Waals surface area (Å²) in [6, 6.07) is 2.04. The van der Waals surface area contributed by atoms with Gasteiger partial charge in [-0.25, -0.2) is 4.98 Å². The van der Waals surface area contributed by atoms with Crippen LogP contribution in [0.15, 0.2) is 22.2 Å². The molecule has 21 heavy (non-hydrogen) atoms. The van der Waals surface area contributed by atoms with Gasteiger partial charge in [-0.05, 0) is 19.2 Å². The molecule has 1 aliphatic heterocycles. The molecule has 0 spiro atoms. The highest BCUT2D eigenvalue weighted by molar-refractivity contribution is 7.98. The minimum Gasteiger partial charge on any atom is -0.301 e. The lowest BCUT2D eigenvalue weighted by atomic mass is 10.1. The highest BCUT2D eigenvalue weighted by atomic mass is 32.2. The van der Waals surface area contributed by atoms with Crippen molar-refractivity contribution < 1.29 is 0 Å². The Morgan fingerprint density at radius 3 is 3.10 bits per heavy atom. The van der Waals surface area contributed by atoms with Crippen molar-refractivity contribution in [1.29, 1.82) is 0 Å². The van der Waals surface area contributed by atoms with Crippen LogP contribution in [0.25, 0.3) is 0 Å². The summed E-state index contributed by atoms with van der Waals surface area (Å²) in [7, 11) is 0. The summed E-state index contributed by atoms with van der Waals surface area (Å²) < 4.78 is 1.99. The Labute approximate surface area is 127 Å². The van der Waals surface area contributed by atoms with E-state index < -0.39 is 0 Å². The first-order valence-corrected chi connectivity index (χ1v) is 8.32. The standard InChI is InChI=1S/C14H19N5OS/c1-3-19-10(4-6-15-19)8-18-7-5-12-11(9-18)13(20)17-14(16-12)21-2/h4,6H,3,5,7-9H2,1-2H3,(H,16,17,20). The van der Waals surface area contributed by atoms with Crippen LogP contribution in [0.4, 0.5) is 0 Å². The topological polar surface area (TPSA) is 66.8 Å². The van der Waals surface area contributed by atoms with Crippen LogP contribution in [0.3, 0.4) is 0 Å². The molecule has 0 saturated heterocycles. The van der Waals surface area contributed by atoms with Crippen molar-refractivity contribution in [3.05, 3.63) is 39.6 Å². The third-order valence-electron chi connectivity index (χ3n) is 3.81. The number of H-pyrrole nitrogens is 1. The van der Waals surface area contributed by atoms with Crippen molar-refractivity contribution in [3.63, 3.8) is 0 Å². The second-order valence-electron chi connectivity index (χ2n) is 5.10. The first kappa shape index (κ1) is 14.3. The summed E-state index contributed by atoms with van der Waals surface area (Å²) >= 11 is 1.47. The monoisotopic (exact) mass is 305 g/mol. The minimum atomic E-state index is -0.00181. The first-order chi connectivity index (χ1) is 10.2. The van der Waals surface area contributed by atoms with Gasteiger partial charge in [-0.15, -0.1) is 0 Å². The summed E-state index contributed by atoms with van der Waals surface area (Å²) in [4.78, 5) is 21.8. The van der Waals surface area contributed by atoms with Gasteiger partial charge in [0, 0.05) is 38.8 Å². The van der Waals surface area contributed by atoms with E-state index >= 15 is 0 Å². The van der Waals surface area contributed by atoms with Crippen molar-refractivity contribution in [2.45, 2.75) is 38.1 Å². The van der Waals surface area contributed by atoms with Crippen molar-refractivity contribution in [1.82, 2.24) is 24.6 Å². The summed E-state index contributed by atoms with van der Waals surface area (Å²) in [5, 5.41) is 5.00. The van der Waals surface area contributed by atoms with Gasteiger partial charge in [-0.3, -0.25) is 14.4 Å². The number of hydrogen-bond acceptors (Lipinski definition) is 5. The maximum atomic E-state index is 12.2. The number of rotatable bonds is 4. The molecule has 0 atom stereocenters. The van der Waals surface area contributed by atoms with Crippen LogP contribution in [0.5, 0.6) is 0 Å². The van der Waals surface area contributed by atoms with E-state index in [0.717, 1.165) is 37.3 Å². The summed E-state index contributed by atoms with van der Waals surface area (Å²) in [6.45, 7) is 5.34. The summed E-state index contributed by atoms with van der Waals surface area (Å²) in [5.74, 6) is 0. The number of hydrogen-bond donors (Lipinski definition) is 1. The fraction of sp³-hybridized carbons (Fsp3) is 0.500. The highest BCUT2D eigenvalue weighted by Gasteiger charge is 2.21. The molecular weight excluding hydrogens is 286 g/mol. The molecule has 2 aromatic rings. The Bertz CT molecular complexity index is 693. The molecule has 1 N–H and O–H groups in total. The van der Waals surface area contributed by atoms with Gasteiger partial charge >= 0.3 is 0 Å². The second-order valence-corrected chi connectivity index (χ2v) is 5.89. The molecule has 0 amide bonds. The van der Waals surface area contributed by atoms with Crippen molar-refractivity contribution in [2.24, 2.45) is 0 Å². The zero-order valence-electron chi connectivity index (χ0n) is 12.3. The third-order valence-corrected chi connectivity index (χ3v) is 4.39. The van der Waals surface area contributed by atoms with E-state index in [1.54, 1.807) is 0 Å². The van der Waals surface area contributed by atoms with Gasteiger partial charge in [-0.2, -0.15) is 5.10 Å². The largest absolute Gasteiger partial charge is 0.301 e. The lowest BCUT2D eigenvalue weighted by molar-refractivity contribution is 0.233. The molecule has 112 valence electrons. The number of thioether (sulfide) groups is 1. The predicted octanol–water partition coefficient (Wildman–Crippen LogP) is 1.27. The summed E-state index contributed by atoms with van der Waals surface area (Å²) in [5.41, 5.74) is 2.94. The third kappa shape index (κ3) is 2.89. The maximum absolute atomic E-state index is 12.2. The average Bonchev–Trinajstić information content (AvgIpc) is 2.94. The first-order valence-electron chi connectivity index (χ1n) is 7.10. The Hall–Kier alpha value is -1.60. The number of aryl methyl sites for hydroxylation is 1. The number of aromatic amines is 1. The maximum Gasteiger partial charge on any atom is 0.256 e. The molecule has 0 saturated carbocycles. The van der Waals surface area contributed by atoms with Crippen LogP contribution in [-0.2, 0) is 26.1 Å². The molecule has 3 heterocycles. The van der Waals surface area contributed by atoms with Crippen LogP contribution in [-0.4, -0.2) is 37.4 Å². The Balaban J connectivity index is 1.80. The summed E-state index contributed by atoms with van der Waals surface area (Å²) in [6.07, 6.45) is 4.58. The van der Waals surface area contributed by atoms with E-state index in [9.17, 15) is 4.79 Å². The molecule has 0 fully saturated rings. The normalized spacial score (nSPS) is 15.1.